The Labute approximate surface area is 135 Å². The van der Waals surface area contributed by atoms with Crippen LogP contribution in [0.4, 0.5) is 4.39 Å². The van der Waals surface area contributed by atoms with Crippen LogP contribution in [0.5, 0.6) is 0 Å². The summed E-state index contributed by atoms with van der Waals surface area (Å²) in [4.78, 5) is 12.3. The second kappa shape index (κ2) is 7.37. The zero-order chi connectivity index (χ0) is 16.9. The number of nitrogens with one attached hydrogen (secondary N) is 1. The number of hydrogen-bond acceptors (Lipinski definition) is 3. The van der Waals surface area contributed by atoms with E-state index >= 15 is 0 Å². The van der Waals surface area contributed by atoms with Crippen LogP contribution in [0.25, 0.3) is 0 Å². The van der Waals surface area contributed by atoms with Crippen molar-refractivity contribution in [2.75, 3.05) is 12.3 Å². The van der Waals surface area contributed by atoms with Crippen LogP contribution in [0, 0.1) is 5.82 Å². The van der Waals surface area contributed by atoms with Gasteiger partial charge in [0.1, 0.15) is 5.82 Å². The number of sulfone groups is 1. The summed E-state index contributed by atoms with van der Waals surface area (Å²) in [6, 6.07) is 12.3. The summed E-state index contributed by atoms with van der Waals surface area (Å²) in [6.45, 7) is 1.83. The van der Waals surface area contributed by atoms with Gasteiger partial charge in [-0.1, -0.05) is 31.2 Å². The molecular weight excluding hydrogens is 317 g/mol. The van der Waals surface area contributed by atoms with E-state index in [4.69, 9.17) is 0 Å². The molecule has 0 fully saturated rings. The second-order valence-electron chi connectivity index (χ2n) is 5.04. The highest BCUT2D eigenvalue weighted by molar-refractivity contribution is 7.91. The highest BCUT2D eigenvalue weighted by Crippen LogP contribution is 2.17. The van der Waals surface area contributed by atoms with Crippen LogP contribution in [-0.2, 0) is 16.3 Å². The van der Waals surface area contributed by atoms with Crippen molar-refractivity contribution >= 4 is 15.7 Å². The summed E-state index contributed by atoms with van der Waals surface area (Å²) in [6.07, 6.45) is 0.464. The van der Waals surface area contributed by atoms with E-state index in [0.29, 0.717) is 13.0 Å². The van der Waals surface area contributed by atoms with Gasteiger partial charge in [-0.2, -0.15) is 0 Å². The molecular formula is C17H18FNO3S. The first-order chi connectivity index (χ1) is 10.9. The minimum absolute atomic E-state index is 0.0331. The predicted octanol–water partition coefficient (Wildman–Crippen LogP) is 2.59. The van der Waals surface area contributed by atoms with Crippen LogP contribution in [0.3, 0.4) is 0 Å². The van der Waals surface area contributed by atoms with Gasteiger partial charge < -0.3 is 5.32 Å². The van der Waals surface area contributed by atoms with Crippen molar-refractivity contribution in [1.29, 1.82) is 0 Å². The van der Waals surface area contributed by atoms with Gasteiger partial charge in [0.05, 0.1) is 16.2 Å². The molecule has 0 saturated carbocycles. The molecule has 4 nitrogen and oxygen atoms in total. The summed E-state index contributed by atoms with van der Waals surface area (Å²) >= 11 is 0. The molecule has 2 aromatic rings. The monoisotopic (exact) mass is 335 g/mol. The first-order valence-electron chi connectivity index (χ1n) is 7.28. The van der Waals surface area contributed by atoms with Crippen LogP contribution >= 0.6 is 0 Å². The topological polar surface area (TPSA) is 63.2 Å². The molecule has 122 valence electrons. The van der Waals surface area contributed by atoms with Gasteiger partial charge in [0.25, 0.3) is 5.91 Å². The molecule has 1 N–H and O–H groups in total. The van der Waals surface area contributed by atoms with Gasteiger partial charge in [-0.15, -0.1) is 0 Å². The lowest BCUT2D eigenvalue weighted by molar-refractivity contribution is 0.0951. The molecule has 23 heavy (non-hydrogen) atoms. The molecule has 0 atom stereocenters. The fourth-order valence-corrected chi connectivity index (χ4v) is 3.28. The highest BCUT2D eigenvalue weighted by Gasteiger charge is 2.20. The third kappa shape index (κ3) is 4.39. The first kappa shape index (κ1) is 17.1. The Hall–Kier alpha value is -2.21. The third-order valence-corrected chi connectivity index (χ3v) is 5.22. The highest BCUT2D eigenvalue weighted by atomic mass is 32.2. The number of rotatable bonds is 6. The molecule has 0 heterocycles. The quantitative estimate of drug-likeness (QED) is 0.882. The van der Waals surface area contributed by atoms with Crippen molar-refractivity contribution in [3.63, 3.8) is 0 Å². The molecule has 0 saturated heterocycles. The molecule has 0 bridgehead atoms. The summed E-state index contributed by atoms with van der Waals surface area (Å²) in [5.41, 5.74) is 0.897. The van der Waals surface area contributed by atoms with E-state index < -0.39 is 15.7 Å². The Morgan fingerprint density at radius 3 is 2.57 bits per heavy atom. The van der Waals surface area contributed by atoms with Crippen molar-refractivity contribution in [2.24, 2.45) is 0 Å². The van der Waals surface area contributed by atoms with E-state index in [1.807, 2.05) is 0 Å². The zero-order valence-corrected chi connectivity index (χ0v) is 13.6. The number of halogens is 1. The first-order valence-corrected chi connectivity index (χ1v) is 8.93. The molecule has 0 aliphatic heterocycles. The summed E-state index contributed by atoms with van der Waals surface area (Å²) < 4.78 is 37.2. The maximum atomic E-state index is 13.1. The van der Waals surface area contributed by atoms with Gasteiger partial charge in [-0.05, 0) is 36.2 Å². The third-order valence-electron chi connectivity index (χ3n) is 3.44. The van der Waals surface area contributed by atoms with E-state index in [-0.39, 0.29) is 22.0 Å². The van der Waals surface area contributed by atoms with Gasteiger partial charge in [0.15, 0.2) is 9.84 Å². The lowest BCUT2D eigenvalue weighted by Crippen LogP contribution is -2.27. The fraction of sp³-hybridized carbons (Fsp3) is 0.235. The second-order valence-corrected chi connectivity index (χ2v) is 7.28. The minimum Gasteiger partial charge on any atom is -0.352 e. The molecule has 0 radical (unpaired) electrons. The van der Waals surface area contributed by atoms with Crippen LogP contribution in [0.1, 0.15) is 22.8 Å². The Morgan fingerprint density at radius 1 is 1.13 bits per heavy atom. The Kier molecular flexibility index (Phi) is 5.50. The van der Waals surface area contributed by atoms with Gasteiger partial charge >= 0.3 is 0 Å². The molecule has 0 aliphatic rings. The van der Waals surface area contributed by atoms with Crippen LogP contribution in [0.15, 0.2) is 53.4 Å². The number of hydrogen-bond donors (Lipinski definition) is 1. The van der Waals surface area contributed by atoms with Gasteiger partial charge in [-0.25, -0.2) is 12.8 Å². The molecule has 0 spiro atoms. The molecule has 1 amide bonds. The normalized spacial score (nSPS) is 11.2. The smallest absolute Gasteiger partial charge is 0.252 e. The number of carbonyl (C=O) groups is 1. The van der Waals surface area contributed by atoms with Crippen molar-refractivity contribution in [2.45, 2.75) is 18.2 Å². The number of benzene rings is 2. The lowest BCUT2D eigenvalue weighted by Gasteiger charge is -2.10. The van der Waals surface area contributed by atoms with Crippen molar-refractivity contribution in [3.8, 4) is 0 Å². The molecule has 2 rings (SSSR count). The van der Waals surface area contributed by atoms with E-state index in [2.05, 4.69) is 5.32 Å². The van der Waals surface area contributed by atoms with Gasteiger partial charge in [0.2, 0.25) is 0 Å². The maximum Gasteiger partial charge on any atom is 0.252 e. The lowest BCUT2D eigenvalue weighted by atomic mass is 10.1. The Balaban J connectivity index is 2.07. The summed E-state index contributed by atoms with van der Waals surface area (Å²) in [7, 11) is -3.47. The summed E-state index contributed by atoms with van der Waals surface area (Å²) in [5, 5.41) is 2.68. The number of amides is 1. The molecule has 6 heteroatoms. The average Bonchev–Trinajstić information content (AvgIpc) is 2.55. The largest absolute Gasteiger partial charge is 0.352 e. The van der Waals surface area contributed by atoms with E-state index in [1.165, 1.54) is 31.2 Å². The van der Waals surface area contributed by atoms with Crippen molar-refractivity contribution in [1.82, 2.24) is 5.32 Å². The Bertz CT molecular complexity index is 803. The van der Waals surface area contributed by atoms with E-state index in [9.17, 15) is 17.6 Å². The average molecular weight is 335 g/mol. The minimum atomic E-state index is -3.47. The SMILES string of the molecule is CCS(=O)(=O)c1ccccc1C(=O)NCCc1cccc(F)c1. The molecule has 0 aromatic heterocycles. The fourth-order valence-electron chi connectivity index (χ4n) is 2.19. The Morgan fingerprint density at radius 2 is 1.87 bits per heavy atom. The number of carbonyl (C=O) groups excluding carboxylic acids is 1. The van der Waals surface area contributed by atoms with Crippen LogP contribution in [0.2, 0.25) is 0 Å². The van der Waals surface area contributed by atoms with Crippen LogP contribution < -0.4 is 5.32 Å². The van der Waals surface area contributed by atoms with Gasteiger partial charge in [-0.3, -0.25) is 4.79 Å². The summed E-state index contributed by atoms with van der Waals surface area (Å²) in [5.74, 6) is -0.845. The van der Waals surface area contributed by atoms with Crippen LogP contribution in [-0.4, -0.2) is 26.6 Å². The molecule has 0 unspecified atom stereocenters. The molecule has 0 aliphatic carbocycles. The maximum absolute atomic E-state index is 13.1. The molecule has 2 aromatic carbocycles. The van der Waals surface area contributed by atoms with Crippen molar-refractivity contribution in [3.05, 3.63) is 65.5 Å². The van der Waals surface area contributed by atoms with E-state index in [1.54, 1.807) is 24.3 Å². The zero-order valence-electron chi connectivity index (χ0n) is 12.8. The van der Waals surface area contributed by atoms with Crippen molar-refractivity contribution < 1.29 is 17.6 Å². The van der Waals surface area contributed by atoms with Gasteiger partial charge in [0, 0.05) is 6.54 Å². The van der Waals surface area contributed by atoms with E-state index in [0.717, 1.165) is 5.56 Å². The standard InChI is InChI=1S/C17H18FNO3S/c1-2-23(21,22)16-9-4-3-8-15(16)17(20)19-11-10-13-6-5-7-14(18)12-13/h3-9,12H,2,10-11H2,1H3,(H,19,20). The predicted molar refractivity (Wildman–Crippen MR) is 86.6 cm³/mol.